The van der Waals surface area contributed by atoms with Crippen molar-refractivity contribution in [1.29, 1.82) is 0 Å². The summed E-state index contributed by atoms with van der Waals surface area (Å²) in [6, 6.07) is -0.975. The molecule has 3 rings (SSSR count). The molecule has 3 fully saturated rings. The molecule has 9 heteroatoms. The van der Waals surface area contributed by atoms with E-state index in [0.29, 0.717) is 24.9 Å². The lowest BCUT2D eigenvalue weighted by molar-refractivity contribution is -0.150. The van der Waals surface area contributed by atoms with Crippen molar-refractivity contribution in [3.8, 4) is 0 Å². The molecule has 8 nitrogen and oxygen atoms in total. The molecule has 0 spiro atoms. The maximum Gasteiger partial charge on any atom is 0.308 e. The molecule has 2 aliphatic heterocycles. The van der Waals surface area contributed by atoms with E-state index in [2.05, 4.69) is 10.2 Å². The average molecular weight is 345 g/mol. The summed E-state index contributed by atoms with van der Waals surface area (Å²) in [6.45, 7) is 4.48. The van der Waals surface area contributed by atoms with Gasteiger partial charge in [-0.05, 0) is 18.6 Å². The van der Waals surface area contributed by atoms with E-state index in [9.17, 15) is 20.1 Å². The predicted octanol–water partition coefficient (Wildman–Crippen LogP) is -1.93. The Morgan fingerprint density at radius 3 is 2.65 bits per heavy atom. The number of rotatable bonds is 4. The highest BCUT2D eigenvalue weighted by Gasteiger charge is 2.53. The largest absolute Gasteiger partial charge is 0.481 e. The van der Waals surface area contributed by atoms with Crippen LogP contribution in [0.4, 0.5) is 0 Å². The molecule has 5 atom stereocenters. The first-order chi connectivity index (χ1) is 11.0. The minimum absolute atomic E-state index is 0.0377. The molecule has 5 unspecified atom stereocenters. The van der Waals surface area contributed by atoms with Crippen LogP contribution in [0.3, 0.4) is 0 Å². The number of morpholine rings is 1. The second-order valence-electron chi connectivity index (χ2n) is 6.35. The van der Waals surface area contributed by atoms with E-state index in [0.717, 1.165) is 19.6 Å². The van der Waals surface area contributed by atoms with Crippen molar-refractivity contribution in [2.45, 2.75) is 30.7 Å². The number of hydrogen-bond donors (Lipinski definition) is 4. The summed E-state index contributed by atoms with van der Waals surface area (Å²) in [5, 5.41) is 33.0. The number of nitrogens with one attached hydrogen (secondary N) is 1. The molecule has 2 saturated heterocycles. The lowest BCUT2D eigenvalue weighted by atomic mass is 9.78. The van der Waals surface area contributed by atoms with Gasteiger partial charge in [0.15, 0.2) is 5.11 Å². The van der Waals surface area contributed by atoms with Crippen LogP contribution in [0, 0.1) is 5.92 Å². The number of ether oxygens (including phenoxy) is 1. The normalized spacial score (nSPS) is 38.3. The summed E-state index contributed by atoms with van der Waals surface area (Å²) < 4.78 is 5.32. The molecule has 1 saturated carbocycles. The number of carbonyl (C=O) groups is 1. The molecular weight excluding hydrogens is 322 g/mol. The van der Waals surface area contributed by atoms with Gasteiger partial charge in [0.1, 0.15) is 6.10 Å². The van der Waals surface area contributed by atoms with Crippen LogP contribution < -0.4 is 5.32 Å². The fourth-order valence-electron chi connectivity index (χ4n) is 3.74. The number of aliphatic hydroxyl groups is 2. The van der Waals surface area contributed by atoms with E-state index >= 15 is 0 Å². The fourth-order valence-corrected chi connectivity index (χ4v) is 4.09. The van der Waals surface area contributed by atoms with Gasteiger partial charge in [0, 0.05) is 26.2 Å². The lowest BCUT2D eigenvalue weighted by Crippen LogP contribution is -2.59. The number of carboxylic acid groups (broad SMARTS) is 1. The number of aliphatic carboxylic acids is 1. The Bertz CT molecular complexity index is 473. The number of nitrogens with zero attached hydrogens (tertiary/aromatic N) is 2. The van der Waals surface area contributed by atoms with E-state index in [1.807, 2.05) is 4.90 Å². The van der Waals surface area contributed by atoms with Gasteiger partial charge in [-0.25, -0.2) is 0 Å². The molecule has 0 bridgehead atoms. The van der Waals surface area contributed by atoms with Crippen LogP contribution in [0.1, 0.15) is 6.42 Å². The van der Waals surface area contributed by atoms with Crippen molar-refractivity contribution in [2.24, 2.45) is 5.92 Å². The number of carboxylic acids is 1. The Labute approximate surface area is 140 Å². The second kappa shape index (κ2) is 6.86. The first kappa shape index (κ1) is 16.8. The van der Waals surface area contributed by atoms with Crippen LogP contribution in [0.15, 0.2) is 0 Å². The van der Waals surface area contributed by atoms with Gasteiger partial charge in [-0.15, -0.1) is 0 Å². The van der Waals surface area contributed by atoms with Gasteiger partial charge in [-0.1, -0.05) is 0 Å². The zero-order chi connectivity index (χ0) is 16.6. The zero-order valence-electron chi connectivity index (χ0n) is 12.8. The van der Waals surface area contributed by atoms with Gasteiger partial charge in [0.05, 0.1) is 37.3 Å². The Morgan fingerprint density at radius 2 is 2.00 bits per heavy atom. The smallest absolute Gasteiger partial charge is 0.308 e. The van der Waals surface area contributed by atoms with Gasteiger partial charge in [0.2, 0.25) is 0 Å². The van der Waals surface area contributed by atoms with E-state index < -0.39 is 36.2 Å². The standard InChI is InChI=1S/C14H23N3O5S/c18-9-7-8(13(20)21)11-10(12(9)19)15-14(23)17(11)2-1-16-3-5-22-6-4-16/h8-12,18-19H,1-7H2,(H,15,23)(H,20,21). The van der Waals surface area contributed by atoms with E-state index in [-0.39, 0.29) is 6.42 Å². The molecule has 0 aromatic heterocycles. The average Bonchev–Trinajstić information content (AvgIpc) is 2.86. The summed E-state index contributed by atoms with van der Waals surface area (Å²) >= 11 is 5.34. The second-order valence-corrected chi connectivity index (χ2v) is 6.74. The molecule has 1 aliphatic carbocycles. The molecule has 0 aromatic carbocycles. The highest BCUT2D eigenvalue weighted by Crippen LogP contribution is 2.33. The molecule has 4 N–H and O–H groups in total. The summed E-state index contributed by atoms with van der Waals surface area (Å²) in [4.78, 5) is 15.7. The van der Waals surface area contributed by atoms with Gasteiger partial charge in [0.25, 0.3) is 0 Å². The van der Waals surface area contributed by atoms with Crippen molar-refractivity contribution in [3.05, 3.63) is 0 Å². The van der Waals surface area contributed by atoms with Crippen LogP contribution in [0.5, 0.6) is 0 Å². The Kier molecular flexibility index (Phi) is 5.02. The van der Waals surface area contributed by atoms with Crippen molar-refractivity contribution < 1.29 is 24.9 Å². The quantitative estimate of drug-likeness (QED) is 0.434. The highest BCUT2D eigenvalue weighted by molar-refractivity contribution is 7.80. The molecule has 0 radical (unpaired) electrons. The summed E-state index contributed by atoms with van der Waals surface area (Å²) in [7, 11) is 0. The minimum atomic E-state index is -1.05. The van der Waals surface area contributed by atoms with Gasteiger partial charge in [-0.2, -0.15) is 0 Å². The monoisotopic (exact) mass is 345 g/mol. The third-order valence-corrected chi connectivity index (χ3v) is 5.38. The van der Waals surface area contributed by atoms with E-state index in [4.69, 9.17) is 17.0 Å². The van der Waals surface area contributed by atoms with Crippen LogP contribution in [0.25, 0.3) is 0 Å². The van der Waals surface area contributed by atoms with Crippen molar-refractivity contribution in [3.63, 3.8) is 0 Å². The summed E-state index contributed by atoms with van der Waals surface area (Å²) in [6.07, 6.45) is -2.02. The molecule has 23 heavy (non-hydrogen) atoms. The number of fused-ring (bicyclic) bond motifs is 1. The summed E-state index contributed by atoms with van der Waals surface area (Å²) in [5.41, 5.74) is 0. The van der Waals surface area contributed by atoms with Gasteiger partial charge in [-0.3, -0.25) is 9.69 Å². The molecule has 130 valence electrons. The number of aliphatic hydroxyl groups excluding tert-OH is 2. The Morgan fingerprint density at radius 1 is 1.30 bits per heavy atom. The Hall–Kier alpha value is -1.00. The first-order valence-corrected chi connectivity index (χ1v) is 8.36. The van der Waals surface area contributed by atoms with Crippen LogP contribution in [-0.2, 0) is 9.53 Å². The van der Waals surface area contributed by atoms with Crippen LogP contribution >= 0.6 is 12.2 Å². The van der Waals surface area contributed by atoms with Gasteiger partial charge < -0.3 is 30.3 Å². The molecule has 0 aromatic rings. The van der Waals surface area contributed by atoms with E-state index in [1.165, 1.54) is 0 Å². The molecule has 2 heterocycles. The number of hydrogen-bond acceptors (Lipinski definition) is 6. The maximum absolute atomic E-state index is 11.6. The minimum Gasteiger partial charge on any atom is -0.481 e. The molecular formula is C14H23N3O5S. The molecule has 0 amide bonds. The topological polar surface area (TPSA) is 106 Å². The van der Waals surface area contributed by atoms with Crippen molar-refractivity contribution in [1.82, 2.24) is 15.1 Å². The predicted molar refractivity (Wildman–Crippen MR) is 85.0 cm³/mol. The van der Waals surface area contributed by atoms with Crippen molar-refractivity contribution in [2.75, 3.05) is 39.4 Å². The molecule has 3 aliphatic rings. The van der Waals surface area contributed by atoms with Gasteiger partial charge >= 0.3 is 5.97 Å². The van der Waals surface area contributed by atoms with Crippen molar-refractivity contribution >= 4 is 23.3 Å². The third-order valence-electron chi connectivity index (χ3n) is 5.03. The maximum atomic E-state index is 11.6. The lowest BCUT2D eigenvalue weighted by Gasteiger charge is -2.41. The highest BCUT2D eigenvalue weighted by atomic mass is 32.1. The summed E-state index contributed by atoms with van der Waals surface area (Å²) in [5.74, 6) is -1.72. The van der Waals surface area contributed by atoms with Crippen LogP contribution in [0.2, 0.25) is 0 Å². The zero-order valence-corrected chi connectivity index (χ0v) is 13.6. The SMILES string of the molecule is O=C(O)C1CC(O)C(O)C2NC(=S)N(CCN3CCOCC3)C12. The first-order valence-electron chi connectivity index (χ1n) is 7.95. The fraction of sp³-hybridized carbons (Fsp3) is 0.857. The number of thiocarbonyl (C=S) groups is 1. The third kappa shape index (κ3) is 3.29. The van der Waals surface area contributed by atoms with E-state index in [1.54, 1.807) is 0 Å². The van der Waals surface area contributed by atoms with Crippen LogP contribution in [-0.4, -0.2) is 99.9 Å². The Balaban J connectivity index is 1.71.